The molecule has 0 bridgehead atoms. The number of carbonyl (C=O) groups is 1. The Kier molecular flexibility index (Phi) is 4.81. The average Bonchev–Trinajstić information content (AvgIpc) is 2.96. The molecule has 12 heteroatoms. The molecule has 0 aliphatic carbocycles. The van der Waals surface area contributed by atoms with Gasteiger partial charge < -0.3 is 10.6 Å². The number of alkyl halides is 5. The SMILES string of the molecule is O=C(Nc1cnn(CC(F)F)c1)Nc1cnn(CC(F)(F)F)c1. The van der Waals surface area contributed by atoms with Crippen molar-refractivity contribution in [1.82, 2.24) is 19.6 Å². The van der Waals surface area contributed by atoms with E-state index in [1.54, 1.807) is 0 Å². The molecule has 126 valence electrons. The minimum atomic E-state index is -4.43. The predicted molar refractivity (Wildman–Crippen MR) is 69.2 cm³/mol. The van der Waals surface area contributed by atoms with Crippen LogP contribution in [0.4, 0.5) is 38.1 Å². The third-order valence-corrected chi connectivity index (χ3v) is 2.45. The first kappa shape index (κ1) is 16.7. The molecule has 0 fully saturated rings. The molecule has 23 heavy (non-hydrogen) atoms. The van der Waals surface area contributed by atoms with Gasteiger partial charge in [-0.1, -0.05) is 0 Å². The van der Waals surface area contributed by atoms with Gasteiger partial charge in [0.25, 0.3) is 6.43 Å². The van der Waals surface area contributed by atoms with E-state index in [1.807, 2.05) is 0 Å². The van der Waals surface area contributed by atoms with Gasteiger partial charge in [0.15, 0.2) is 0 Å². The smallest absolute Gasteiger partial charge is 0.305 e. The van der Waals surface area contributed by atoms with Crippen molar-refractivity contribution in [1.29, 1.82) is 0 Å². The van der Waals surface area contributed by atoms with E-state index in [0.717, 1.165) is 23.3 Å². The van der Waals surface area contributed by atoms with E-state index in [-0.39, 0.29) is 11.4 Å². The van der Waals surface area contributed by atoms with Gasteiger partial charge in [0.05, 0.1) is 23.8 Å². The lowest BCUT2D eigenvalue weighted by Crippen LogP contribution is -2.19. The zero-order valence-corrected chi connectivity index (χ0v) is 11.4. The number of anilines is 2. The third kappa shape index (κ3) is 5.56. The maximum absolute atomic E-state index is 12.2. The Balaban J connectivity index is 1.88. The van der Waals surface area contributed by atoms with Crippen molar-refractivity contribution in [2.24, 2.45) is 0 Å². The lowest BCUT2D eigenvalue weighted by molar-refractivity contribution is -0.142. The summed E-state index contributed by atoms with van der Waals surface area (Å²) in [4.78, 5) is 11.6. The Morgan fingerprint density at radius 1 is 1.09 bits per heavy atom. The maximum atomic E-state index is 12.2. The molecule has 0 aliphatic heterocycles. The molecule has 2 N–H and O–H groups in total. The van der Waals surface area contributed by atoms with Crippen LogP contribution in [-0.2, 0) is 13.1 Å². The number of hydrogen-bond acceptors (Lipinski definition) is 3. The van der Waals surface area contributed by atoms with Crippen LogP contribution >= 0.6 is 0 Å². The van der Waals surface area contributed by atoms with Crippen LogP contribution in [0.25, 0.3) is 0 Å². The first-order valence-corrected chi connectivity index (χ1v) is 6.19. The van der Waals surface area contributed by atoms with Crippen molar-refractivity contribution in [3.05, 3.63) is 24.8 Å². The Bertz CT molecular complexity index is 664. The van der Waals surface area contributed by atoms with Crippen LogP contribution in [-0.4, -0.2) is 38.2 Å². The zero-order valence-electron chi connectivity index (χ0n) is 11.4. The minimum Gasteiger partial charge on any atom is -0.305 e. The van der Waals surface area contributed by atoms with Gasteiger partial charge in [-0.2, -0.15) is 23.4 Å². The van der Waals surface area contributed by atoms with Crippen molar-refractivity contribution in [2.75, 3.05) is 10.6 Å². The fourth-order valence-corrected chi connectivity index (χ4v) is 1.66. The van der Waals surface area contributed by atoms with Gasteiger partial charge in [0.2, 0.25) is 0 Å². The van der Waals surface area contributed by atoms with Crippen molar-refractivity contribution in [3.63, 3.8) is 0 Å². The topological polar surface area (TPSA) is 76.8 Å². The monoisotopic (exact) mass is 338 g/mol. The Hall–Kier alpha value is -2.66. The number of nitrogens with zero attached hydrogens (tertiary/aromatic N) is 4. The molecule has 2 aromatic heterocycles. The molecule has 2 amide bonds. The van der Waals surface area contributed by atoms with Crippen LogP contribution in [0, 0.1) is 0 Å². The maximum Gasteiger partial charge on any atom is 0.408 e. The molecule has 2 aromatic rings. The van der Waals surface area contributed by atoms with Crippen molar-refractivity contribution in [2.45, 2.75) is 25.7 Å². The van der Waals surface area contributed by atoms with Gasteiger partial charge in [-0.15, -0.1) is 0 Å². The number of amides is 2. The summed E-state index contributed by atoms with van der Waals surface area (Å²) in [6, 6.07) is -0.770. The predicted octanol–water partition coefficient (Wildman–Crippen LogP) is 2.55. The van der Waals surface area contributed by atoms with Crippen LogP contribution in [0.5, 0.6) is 0 Å². The zero-order chi connectivity index (χ0) is 17.0. The first-order valence-electron chi connectivity index (χ1n) is 6.19. The summed E-state index contributed by atoms with van der Waals surface area (Å²) in [5, 5.41) is 11.6. The lowest BCUT2D eigenvalue weighted by atomic mass is 10.5. The average molecular weight is 338 g/mol. The van der Waals surface area contributed by atoms with Gasteiger partial charge in [-0.25, -0.2) is 13.6 Å². The van der Waals surface area contributed by atoms with Crippen molar-refractivity contribution < 1.29 is 26.7 Å². The molecule has 0 atom stereocenters. The van der Waals surface area contributed by atoms with Crippen molar-refractivity contribution in [3.8, 4) is 0 Å². The Labute approximate surface area is 126 Å². The van der Waals surface area contributed by atoms with E-state index < -0.39 is 31.7 Å². The highest BCUT2D eigenvalue weighted by Crippen LogP contribution is 2.18. The minimum absolute atomic E-state index is 0.0479. The summed E-state index contributed by atoms with van der Waals surface area (Å²) in [6.07, 6.45) is -2.60. The second kappa shape index (κ2) is 6.62. The number of rotatable bonds is 5. The quantitative estimate of drug-likeness (QED) is 0.823. The molecule has 0 aromatic carbocycles. The Morgan fingerprint density at radius 3 is 2.13 bits per heavy atom. The fraction of sp³-hybridized carbons (Fsp3) is 0.364. The van der Waals surface area contributed by atoms with Gasteiger partial charge in [0.1, 0.15) is 13.1 Å². The van der Waals surface area contributed by atoms with E-state index >= 15 is 0 Å². The number of hydrogen-bond donors (Lipinski definition) is 2. The molecule has 7 nitrogen and oxygen atoms in total. The Morgan fingerprint density at radius 2 is 1.61 bits per heavy atom. The summed E-state index contributed by atoms with van der Waals surface area (Å²) in [6.45, 7) is -1.90. The van der Waals surface area contributed by atoms with Crippen molar-refractivity contribution >= 4 is 17.4 Å². The highest BCUT2D eigenvalue weighted by Gasteiger charge is 2.28. The fourth-order valence-electron chi connectivity index (χ4n) is 1.66. The summed E-state index contributed by atoms with van der Waals surface area (Å²) in [7, 11) is 0. The highest BCUT2D eigenvalue weighted by molar-refractivity contribution is 5.99. The highest BCUT2D eigenvalue weighted by atomic mass is 19.4. The van der Waals surface area contributed by atoms with E-state index in [1.165, 1.54) is 6.20 Å². The first-order chi connectivity index (χ1) is 10.7. The van der Waals surface area contributed by atoms with Crippen LogP contribution in [0.1, 0.15) is 0 Å². The number of urea groups is 1. The number of halogens is 5. The third-order valence-electron chi connectivity index (χ3n) is 2.45. The van der Waals surface area contributed by atoms with E-state index in [4.69, 9.17) is 0 Å². The summed E-state index contributed by atoms with van der Waals surface area (Å²) in [5.41, 5.74) is 0.206. The molecule has 0 radical (unpaired) electrons. The van der Waals surface area contributed by atoms with Gasteiger partial charge in [0, 0.05) is 12.4 Å². The van der Waals surface area contributed by atoms with Crippen LogP contribution in [0.15, 0.2) is 24.8 Å². The second-order valence-corrected chi connectivity index (χ2v) is 4.46. The van der Waals surface area contributed by atoms with Crippen LogP contribution in [0.2, 0.25) is 0 Å². The molecular formula is C11H11F5N6O. The van der Waals surface area contributed by atoms with E-state index in [2.05, 4.69) is 20.8 Å². The molecule has 2 rings (SSSR count). The standard InChI is InChI=1S/C11H11F5N6O/c12-9(13)5-21-3-7(1-17-21)19-10(23)20-8-2-18-22(4-8)6-11(14,15)16/h1-4,9H,5-6H2,(H2,19,20,23). The molecule has 0 saturated carbocycles. The normalized spacial score (nSPS) is 11.7. The van der Waals surface area contributed by atoms with Crippen LogP contribution < -0.4 is 10.6 Å². The molecule has 0 aliphatic rings. The summed E-state index contributed by atoms with van der Waals surface area (Å²) >= 11 is 0. The molecule has 2 heterocycles. The summed E-state index contributed by atoms with van der Waals surface area (Å²) in [5.74, 6) is 0. The molecule has 0 saturated heterocycles. The van der Waals surface area contributed by atoms with Crippen LogP contribution in [0.3, 0.4) is 0 Å². The number of carbonyl (C=O) groups excluding carboxylic acids is 1. The molecule has 0 unspecified atom stereocenters. The molecular weight excluding hydrogens is 327 g/mol. The largest absolute Gasteiger partial charge is 0.408 e. The van der Waals surface area contributed by atoms with Gasteiger partial charge >= 0.3 is 12.2 Å². The molecule has 0 spiro atoms. The number of aromatic nitrogens is 4. The summed E-state index contributed by atoms with van der Waals surface area (Å²) < 4.78 is 62.4. The number of nitrogens with one attached hydrogen (secondary N) is 2. The van der Waals surface area contributed by atoms with Gasteiger partial charge in [-0.05, 0) is 0 Å². The lowest BCUT2D eigenvalue weighted by Gasteiger charge is -2.05. The van der Waals surface area contributed by atoms with E-state index in [9.17, 15) is 26.7 Å². The van der Waals surface area contributed by atoms with Gasteiger partial charge in [-0.3, -0.25) is 9.36 Å². The van der Waals surface area contributed by atoms with E-state index in [0.29, 0.717) is 4.68 Å². The second-order valence-electron chi connectivity index (χ2n) is 4.46.